The van der Waals surface area contributed by atoms with E-state index in [1.165, 1.54) is 0 Å². The highest BCUT2D eigenvalue weighted by molar-refractivity contribution is 5.89. The number of anilines is 1. The SMILES string of the molecule is COc1ccc2cn(C(=O)NCCCCN3CCN(c4cc(C(F)(F)F)nc(C(C)(C)C)n4)CC3)cc2c1. The number of amides is 1. The summed E-state index contributed by atoms with van der Waals surface area (Å²) in [5, 5.41) is 4.85. The normalized spacial score (nSPS) is 15.2. The second kappa shape index (κ2) is 11.2. The lowest BCUT2D eigenvalue weighted by Gasteiger charge is -2.36. The van der Waals surface area contributed by atoms with Crippen LogP contribution in [-0.2, 0) is 11.6 Å². The predicted octanol–water partition coefficient (Wildman–Crippen LogP) is 4.92. The lowest BCUT2D eigenvalue weighted by atomic mass is 9.95. The maximum Gasteiger partial charge on any atom is 0.433 e. The summed E-state index contributed by atoms with van der Waals surface area (Å²) < 4.78 is 47.1. The van der Waals surface area contributed by atoms with Crippen LogP contribution in [0, 0.1) is 0 Å². The smallest absolute Gasteiger partial charge is 0.433 e. The first kappa shape index (κ1) is 27.7. The summed E-state index contributed by atoms with van der Waals surface area (Å²) in [6.07, 6.45) is 0.800. The van der Waals surface area contributed by atoms with Crippen LogP contribution in [0.1, 0.15) is 45.1 Å². The fourth-order valence-corrected chi connectivity index (χ4v) is 4.39. The van der Waals surface area contributed by atoms with Crippen molar-refractivity contribution in [1.29, 1.82) is 0 Å². The molecule has 8 nitrogen and oxygen atoms in total. The molecule has 11 heteroatoms. The number of nitrogens with zero attached hydrogens (tertiary/aromatic N) is 5. The van der Waals surface area contributed by atoms with E-state index in [-0.39, 0.29) is 11.9 Å². The molecule has 2 aromatic heterocycles. The number of aromatic nitrogens is 3. The van der Waals surface area contributed by atoms with Crippen LogP contribution in [0.4, 0.5) is 23.8 Å². The fourth-order valence-electron chi connectivity index (χ4n) is 4.39. The molecule has 1 aliphatic rings. The van der Waals surface area contributed by atoms with Gasteiger partial charge in [-0.3, -0.25) is 9.47 Å². The Balaban J connectivity index is 1.22. The van der Waals surface area contributed by atoms with Crippen molar-refractivity contribution in [2.75, 3.05) is 51.3 Å². The molecule has 1 aromatic carbocycles. The Morgan fingerprint density at radius 2 is 1.71 bits per heavy atom. The van der Waals surface area contributed by atoms with Crippen molar-refractivity contribution in [2.24, 2.45) is 0 Å². The number of alkyl halides is 3. The molecule has 0 saturated carbocycles. The molecule has 0 bridgehead atoms. The fraction of sp³-hybridized carbons (Fsp3) is 0.519. The molecule has 0 radical (unpaired) electrons. The maximum atomic E-state index is 13.4. The molecule has 0 unspecified atom stereocenters. The highest BCUT2D eigenvalue weighted by Gasteiger charge is 2.36. The Morgan fingerprint density at radius 1 is 1.00 bits per heavy atom. The summed E-state index contributed by atoms with van der Waals surface area (Å²) in [5.41, 5.74) is -1.49. The standard InChI is InChI=1S/C27H35F3N6O2/c1-26(2,3)24-32-22(27(28,29)30)16-23(33-24)35-13-11-34(12-14-35)10-6-5-9-31-25(37)36-17-19-7-8-21(38-4)15-20(19)18-36/h7-8,15-18H,5-6,9-14H2,1-4H3,(H,31,37). The Kier molecular flexibility index (Phi) is 8.15. The van der Waals surface area contributed by atoms with Gasteiger partial charge in [0, 0.05) is 67.4 Å². The molecule has 4 rings (SSSR count). The van der Waals surface area contributed by atoms with Gasteiger partial charge in [-0.15, -0.1) is 0 Å². The van der Waals surface area contributed by atoms with E-state index in [9.17, 15) is 18.0 Å². The molecule has 3 aromatic rings. The Hall–Kier alpha value is -3.34. The van der Waals surface area contributed by atoms with Crippen LogP contribution in [0.2, 0.25) is 0 Å². The number of methoxy groups -OCH3 is 1. The molecule has 1 aliphatic heterocycles. The van der Waals surface area contributed by atoms with Gasteiger partial charge in [-0.1, -0.05) is 20.8 Å². The number of unbranched alkanes of at least 4 members (excludes halogenated alkanes) is 1. The van der Waals surface area contributed by atoms with Crippen LogP contribution in [-0.4, -0.2) is 71.8 Å². The van der Waals surface area contributed by atoms with Gasteiger partial charge < -0.3 is 15.0 Å². The number of benzene rings is 1. The van der Waals surface area contributed by atoms with Gasteiger partial charge in [-0.25, -0.2) is 14.8 Å². The van der Waals surface area contributed by atoms with E-state index in [4.69, 9.17) is 4.74 Å². The number of hydrogen-bond acceptors (Lipinski definition) is 6. The molecule has 1 N–H and O–H groups in total. The van der Waals surface area contributed by atoms with Crippen LogP contribution in [0.25, 0.3) is 10.8 Å². The summed E-state index contributed by atoms with van der Waals surface area (Å²) in [6.45, 7) is 9.53. The minimum absolute atomic E-state index is 0.175. The largest absolute Gasteiger partial charge is 0.497 e. The van der Waals surface area contributed by atoms with Crippen molar-refractivity contribution >= 4 is 22.6 Å². The first-order valence-corrected chi connectivity index (χ1v) is 12.8. The molecule has 206 valence electrons. The zero-order chi connectivity index (χ0) is 27.5. The number of hydrogen-bond donors (Lipinski definition) is 1. The van der Waals surface area contributed by atoms with Crippen LogP contribution in [0.5, 0.6) is 5.75 Å². The van der Waals surface area contributed by atoms with Crippen LogP contribution >= 0.6 is 0 Å². The monoisotopic (exact) mass is 532 g/mol. The second-order valence-corrected chi connectivity index (χ2v) is 10.6. The van der Waals surface area contributed by atoms with Gasteiger partial charge >= 0.3 is 12.2 Å². The van der Waals surface area contributed by atoms with E-state index >= 15 is 0 Å². The van der Waals surface area contributed by atoms with Gasteiger partial charge in [0.05, 0.1) is 7.11 Å². The molecule has 1 amide bonds. The molecule has 0 aliphatic carbocycles. The molecule has 0 atom stereocenters. The number of piperazine rings is 1. The maximum absolute atomic E-state index is 13.4. The van der Waals surface area contributed by atoms with Gasteiger partial charge in [0.25, 0.3) is 0 Å². The summed E-state index contributed by atoms with van der Waals surface area (Å²) in [5.74, 6) is 1.27. The quantitative estimate of drug-likeness (QED) is 0.436. The van der Waals surface area contributed by atoms with Crippen LogP contribution in [0.15, 0.2) is 36.7 Å². The zero-order valence-corrected chi connectivity index (χ0v) is 22.3. The lowest BCUT2D eigenvalue weighted by molar-refractivity contribution is -0.141. The molecule has 38 heavy (non-hydrogen) atoms. The highest BCUT2D eigenvalue weighted by atomic mass is 19.4. The summed E-state index contributed by atoms with van der Waals surface area (Å²) in [6, 6.07) is 6.55. The minimum atomic E-state index is -4.52. The number of fused-ring (bicyclic) bond motifs is 1. The van der Waals surface area contributed by atoms with Gasteiger partial charge in [0.2, 0.25) is 0 Å². The van der Waals surface area contributed by atoms with E-state index < -0.39 is 17.3 Å². The average molecular weight is 533 g/mol. The Bertz CT molecular complexity index is 1230. The second-order valence-electron chi connectivity index (χ2n) is 10.6. The molecular weight excluding hydrogens is 497 g/mol. The van der Waals surface area contributed by atoms with E-state index in [1.807, 2.05) is 43.9 Å². The van der Waals surface area contributed by atoms with Crippen LogP contribution in [0.3, 0.4) is 0 Å². The van der Waals surface area contributed by atoms with E-state index in [0.29, 0.717) is 25.5 Å². The minimum Gasteiger partial charge on any atom is -0.497 e. The van der Waals surface area contributed by atoms with Crippen molar-refractivity contribution < 1.29 is 22.7 Å². The summed E-state index contributed by atoms with van der Waals surface area (Å²) in [4.78, 5) is 24.9. The van der Waals surface area contributed by atoms with Crippen molar-refractivity contribution in [3.8, 4) is 5.75 Å². The molecular formula is C27H35F3N6O2. The lowest BCUT2D eigenvalue weighted by Crippen LogP contribution is -2.47. The Morgan fingerprint density at radius 3 is 2.37 bits per heavy atom. The van der Waals surface area contributed by atoms with Crippen LogP contribution < -0.4 is 15.0 Å². The number of nitrogens with one attached hydrogen (secondary N) is 1. The number of ether oxygens (including phenoxy) is 1. The van der Waals surface area contributed by atoms with E-state index in [1.54, 1.807) is 24.1 Å². The van der Waals surface area contributed by atoms with E-state index in [2.05, 4.69) is 20.2 Å². The number of halogens is 3. The molecule has 1 fully saturated rings. The van der Waals surface area contributed by atoms with Gasteiger partial charge in [-0.05, 0) is 37.6 Å². The predicted molar refractivity (Wildman–Crippen MR) is 141 cm³/mol. The number of carbonyl (C=O) groups is 1. The first-order valence-electron chi connectivity index (χ1n) is 12.8. The number of rotatable bonds is 7. The van der Waals surface area contributed by atoms with Gasteiger partial charge in [0.15, 0.2) is 0 Å². The average Bonchev–Trinajstić information content (AvgIpc) is 3.31. The third-order valence-electron chi connectivity index (χ3n) is 6.63. The first-order chi connectivity index (χ1) is 17.9. The van der Waals surface area contributed by atoms with Crippen molar-refractivity contribution in [3.05, 3.63) is 48.2 Å². The molecule has 0 spiro atoms. The summed E-state index contributed by atoms with van der Waals surface area (Å²) >= 11 is 0. The molecule has 3 heterocycles. The van der Waals surface area contributed by atoms with Gasteiger partial charge in [-0.2, -0.15) is 13.2 Å². The van der Waals surface area contributed by atoms with Crippen molar-refractivity contribution in [3.63, 3.8) is 0 Å². The van der Waals surface area contributed by atoms with Gasteiger partial charge in [0.1, 0.15) is 23.1 Å². The zero-order valence-electron chi connectivity index (χ0n) is 22.3. The number of carbonyl (C=O) groups excluding carboxylic acids is 1. The van der Waals surface area contributed by atoms with E-state index in [0.717, 1.165) is 55.1 Å². The molecule has 1 saturated heterocycles. The third kappa shape index (κ3) is 6.75. The third-order valence-corrected chi connectivity index (χ3v) is 6.63. The van der Waals surface area contributed by atoms with Crippen molar-refractivity contribution in [1.82, 2.24) is 24.8 Å². The Labute approximate surface area is 220 Å². The summed E-state index contributed by atoms with van der Waals surface area (Å²) in [7, 11) is 1.61. The van der Waals surface area contributed by atoms with Crippen molar-refractivity contribution in [2.45, 2.75) is 45.2 Å². The topological polar surface area (TPSA) is 75.5 Å². The highest BCUT2D eigenvalue weighted by Crippen LogP contribution is 2.32.